The smallest absolute Gasteiger partial charge is 0.255 e. The summed E-state index contributed by atoms with van der Waals surface area (Å²) in [6, 6.07) is 2.50. The van der Waals surface area contributed by atoms with E-state index < -0.39 is 81.1 Å². The van der Waals surface area contributed by atoms with Crippen molar-refractivity contribution >= 4 is 23.2 Å². The fourth-order valence-electron chi connectivity index (χ4n) is 5.60. The van der Waals surface area contributed by atoms with Gasteiger partial charge in [-0.3, -0.25) is 19.3 Å². The van der Waals surface area contributed by atoms with E-state index in [-0.39, 0.29) is 11.1 Å². The zero-order valence-electron chi connectivity index (χ0n) is 18.0. The summed E-state index contributed by atoms with van der Waals surface area (Å²) in [5, 5.41) is 66.3. The summed E-state index contributed by atoms with van der Waals surface area (Å²) in [4.78, 5) is 39.9. The van der Waals surface area contributed by atoms with Crippen LogP contribution in [0.4, 0.5) is 0 Å². The number of rotatable bonds is 2. The minimum absolute atomic E-state index is 0.00664. The van der Waals surface area contributed by atoms with Gasteiger partial charge >= 0.3 is 0 Å². The first-order valence-corrected chi connectivity index (χ1v) is 10.1. The molecule has 0 aromatic heterocycles. The molecule has 176 valence electrons. The van der Waals surface area contributed by atoms with Gasteiger partial charge in [0, 0.05) is 0 Å². The topological polar surface area (TPSA) is 202 Å². The molecule has 1 aromatic carbocycles. The van der Waals surface area contributed by atoms with Crippen LogP contribution in [-0.2, 0) is 20.0 Å². The predicted octanol–water partition coefficient (Wildman–Crippen LogP) is -1.40. The number of hydrogen-bond donors (Lipinski definition) is 7. The summed E-state index contributed by atoms with van der Waals surface area (Å²) in [6.07, 6.45) is -1.87. The second-order valence-electron chi connectivity index (χ2n) is 9.06. The van der Waals surface area contributed by atoms with Gasteiger partial charge in [0.15, 0.2) is 11.4 Å². The Hall–Kier alpha value is -3.25. The van der Waals surface area contributed by atoms with E-state index in [0.717, 1.165) is 0 Å². The average molecular weight is 460 g/mol. The predicted molar refractivity (Wildman–Crippen MR) is 112 cm³/mol. The Kier molecular flexibility index (Phi) is 4.78. The van der Waals surface area contributed by atoms with E-state index >= 15 is 0 Å². The van der Waals surface area contributed by atoms with Crippen LogP contribution in [0.5, 0.6) is 5.75 Å². The van der Waals surface area contributed by atoms with Crippen molar-refractivity contribution < 1.29 is 45.0 Å². The van der Waals surface area contributed by atoms with Crippen molar-refractivity contribution in [1.82, 2.24) is 4.90 Å². The second kappa shape index (κ2) is 6.87. The molecule has 1 fully saturated rings. The minimum Gasteiger partial charge on any atom is -0.508 e. The number of carbonyl (C=O) groups is 3. The molecule has 3 aliphatic rings. The van der Waals surface area contributed by atoms with Crippen LogP contribution in [0.25, 0.3) is 5.76 Å². The molecule has 0 radical (unpaired) electrons. The number of nitrogens with zero attached hydrogens (tertiary/aromatic N) is 1. The highest BCUT2D eigenvalue weighted by molar-refractivity contribution is 6.24. The van der Waals surface area contributed by atoms with Crippen LogP contribution in [0.3, 0.4) is 0 Å². The van der Waals surface area contributed by atoms with E-state index in [4.69, 9.17) is 5.73 Å². The van der Waals surface area contributed by atoms with E-state index in [0.29, 0.717) is 0 Å². The molecule has 1 saturated carbocycles. The number of phenolic OH excluding ortho intramolecular Hbond substituents is 1. The van der Waals surface area contributed by atoms with Crippen LogP contribution in [0.15, 0.2) is 35.1 Å². The third-order valence-corrected chi connectivity index (χ3v) is 7.03. The maximum Gasteiger partial charge on any atom is 0.255 e. The molecule has 0 saturated heterocycles. The molecule has 1 aromatic rings. The van der Waals surface area contributed by atoms with E-state index in [2.05, 4.69) is 0 Å². The number of ketones is 2. The Morgan fingerprint density at radius 2 is 1.73 bits per heavy atom. The minimum atomic E-state index is -3.02. The van der Waals surface area contributed by atoms with Gasteiger partial charge in [-0.15, -0.1) is 0 Å². The lowest BCUT2D eigenvalue weighted by Crippen LogP contribution is -2.71. The van der Waals surface area contributed by atoms with Crippen molar-refractivity contribution in [2.75, 3.05) is 14.1 Å². The number of hydrogen-bond acceptors (Lipinski definition) is 10. The van der Waals surface area contributed by atoms with Crippen molar-refractivity contribution in [3.63, 3.8) is 0 Å². The van der Waals surface area contributed by atoms with Gasteiger partial charge in [-0.05, 0) is 32.6 Å². The molecule has 11 heteroatoms. The van der Waals surface area contributed by atoms with Gasteiger partial charge in [0.1, 0.15) is 22.8 Å². The number of phenols is 1. The van der Waals surface area contributed by atoms with Crippen LogP contribution in [0.2, 0.25) is 0 Å². The Morgan fingerprint density at radius 1 is 1.12 bits per heavy atom. The number of aliphatic hydroxyl groups excluding tert-OH is 3. The summed E-state index contributed by atoms with van der Waals surface area (Å²) < 4.78 is 0. The number of primary amides is 1. The van der Waals surface area contributed by atoms with Gasteiger partial charge in [0.05, 0.1) is 40.7 Å². The van der Waals surface area contributed by atoms with E-state index in [1.54, 1.807) is 0 Å². The Labute approximate surface area is 187 Å². The summed E-state index contributed by atoms with van der Waals surface area (Å²) >= 11 is 0. The SMILES string of the molecule is CN(C)[C@H]1C(=O)C(C(N)=O)=C(O)[C@]2(O)C(=O)C3=C(O)c4c(O)cccc4[C@@](C)(O)[C@@H]3[C@@H](O)[C@H]12. The molecule has 0 heterocycles. The lowest BCUT2D eigenvalue weighted by atomic mass is 9.53. The van der Waals surface area contributed by atoms with Crippen LogP contribution < -0.4 is 5.73 Å². The fourth-order valence-corrected chi connectivity index (χ4v) is 5.60. The summed E-state index contributed by atoms with van der Waals surface area (Å²) in [7, 11) is 2.80. The zero-order chi connectivity index (χ0) is 24.8. The number of Topliss-reactive ketones (excluding diaryl/α,β-unsaturated/α-hetero) is 2. The van der Waals surface area contributed by atoms with Crippen molar-refractivity contribution in [3.8, 4) is 5.75 Å². The van der Waals surface area contributed by atoms with Crippen LogP contribution in [0, 0.1) is 11.8 Å². The van der Waals surface area contributed by atoms with Crippen LogP contribution >= 0.6 is 0 Å². The third kappa shape index (κ3) is 2.61. The Morgan fingerprint density at radius 3 is 2.27 bits per heavy atom. The molecular weight excluding hydrogens is 436 g/mol. The Balaban J connectivity index is 2.11. The maximum atomic E-state index is 13.7. The van der Waals surface area contributed by atoms with Crippen molar-refractivity contribution in [1.29, 1.82) is 0 Å². The summed E-state index contributed by atoms with van der Waals surface area (Å²) in [5.41, 5.74) is -1.78. The molecule has 0 aliphatic heterocycles. The second-order valence-corrected chi connectivity index (χ2v) is 9.06. The van der Waals surface area contributed by atoms with Gasteiger partial charge < -0.3 is 36.4 Å². The number of likely N-dealkylation sites (N-methyl/N-ethyl adjacent to an activating group) is 1. The van der Waals surface area contributed by atoms with E-state index in [9.17, 15) is 45.0 Å². The number of amides is 1. The van der Waals surface area contributed by atoms with Gasteiger partial charge in [-0.25, -0.2) is 0 Å². The molecule has 3 aliphatic carbocycles. The monoisotopic (exact) mass is 460 g/mol. The highest BCUT2D eigenvalue weighted by Crippen LogP contribution is 2.57. The van der Waals surface area contributed by atoms with Crippen LogP contribution in [-0.4, -0.2) is 84.9 Å². The molecule has 0 spiro atoms. The summed E-state index contributed by atoms with van der Waals surface area (Å²) in [6.45, 7) is 1.25. The molecule has 33 heavy (non-hydrogen) atoms. The number of benzene rings is 1. The number of fused-ring (bicyclic) bond motifs is 3. The van der Waals surface area contributed by atoms with Crippen molar-refractivity contribution in [3.05, 3.63) is 46.2 Å². The quantitative estimate of drug-likeness (QED) is 0.257. The summed E-state index contributed by atoms with van der Waals surface area (Å²) in [5.74, 6) is -9.67. The molecule has 1 amide bonds. The Bertz CT molecular complexity index is 1180. The molecular formula is C22H24N2O9. The number of carbonyl (C=O) groups excluding carboxylic acids is 3. The molecule has 11 nitrogen and oxygen atoms in total. The van der Waals surface area contributed by atoms with Crippen molar-refractivity contribution in [2.24, 2.45) is 17.6 Å². The molecule has 4 rings (SSSR count). The highest BCUT2D eigenvalue weighted by atomic mass is 16.4. The molecule has 0 unspecified atom stereocenters. The fraction of sp³-hybridized carbons (Fsp3) is 0.409. The molecule has 6 atom stereocenters. The number of aliphatic hydroxyl groups is 5. The molecule has 8 N–H and O–H groups in total. The first kappa shape index (κ1) is 22.9. The number of aromatic hydroxyl groups is 1. The number of nitrogens with two attached hydrogens (primary N) is 1. The van der Waals surface area contributed by atoms with Gasteiger partial charge in [0.25, 0.3) is 5.91 Å². The largest absolute Gasteiger partial charge is 0.508 e. The maximum absolute atomic E-state index is 13.7. The van der Waals surface area contributed by atoms with Gasteiger partial charge in [-0.1, -0.05) is 12.1 Å². The van der Waals surface area contributed by atoms with E-state index in [1.165, 1.54) is 44.1 Å². The van der Waals surface area contributed by atoms with Crippen molar-refractivity contribution in [2.45, 2.75) is 30.3 Å². The lowest BCUT2D eigenvalue weighted by molar-refractivity contribution is -0.181. The first-order chi connectivity index (χ1) is 15.2. The first-order valence-electron chi connectivity index (χ1n) is 10.1. The van der Waals surface area contributed by atoms with Gasteiger partial charge in [0.2, 0.25) is 5.78 Å². The average Bonchev–Trinajstić information content (AvgIpc) is 2.70. The third-order valence-electron chi connectivity index (χ3n) is 7.03. The highest BCUT2D eigenvalue weighted by Gasteiger charge is 2.70. The standard InChI is InChI=1S/C22H24N2O9/c1-21(32)7-5-4-6-8(25)9(7)15(26)10-12(21)17(28)13-14(24(2)3)16(27)11(20(23)31)19(30)22(13,33)18(10)29/h4-6,12-14,17,25-26,28,30,32-33H,1-3H3,(H2,23,31)/t12-,13-,14+,17+,21+,22+/m0/s1. The lowest BCUT2D eigenvalue weighted by Gasteiger charge is -2.55. The normalized spacial score (nSPS) is 36.0. The van der Waals surface area contributed by atoms with Crippen LogP contribution in [0.1, 0.15) is 18.1 Å². The van der Waals surface area contributed by atoms with Gasteiger partial charge in [-0.2, -0.15) is 0 Å². The molecule has 0 bridgehead atoms. The van der Waals surface area contributed by atoms with E-state index in [1.807, 2.05) is 0 Å². The zero-order valence-corrected chi connectivity index (χ0v) is 18.0.